The summed E-state index contributed by atoms with van der Waals surface area (Å²) in [6.07, 6.45) is 0. The van der Waals surface area contributed by atoms with Crippen LogP contribution in [-0.4, -0.2) is 18.3 Å². The first kappa shape index (κ1) is 49.2. The number of hydrogen-bond acceptors (Lipinski definition) is 2. The van der Waals surface area contributed by atoms with E-state index in [1.54, 1.807) is 0 Å². The second-order valence-corrected chi connectivity index (χ2v) is 22.2. The molecule has 1 fully saturated rings. The van der Waals surface area contributed by atoms with E-state index in [1.165, 1.54) is 124 Å². The Bertz CT molecular complexity index is 4470. The van der Waals surface area contributed by atoms with E-state index in [0.717, 1.165) is 5.46 Å². The van der Waals surface area contributed by atoms with Crippen LogP contribution < -0.4 is 5.46 Å². The van der Waals surface area contributed by atoms with Gasteiger partial charge >= 0.3 is 7.12 Å². The van der Waals surface area contributed by atoms with Gasteiger partial charge in [-0.2, -0.15) is 0 Å². The summed E-state index contributed by atoms with van der Waals surface area (Å²) >= 11 is 3.84. The Morgan fingerprint density at radius 2 is 0.603 bits per heavy atom. The van der Waals surface area contributed by atoms with Crippen molar-refractivity contribution in [2.24, 2.45) is 0 Å². The second kappa shape index (κ2) is 20.2. The van der Waals surface area contributed by atoms with Crippen molar-refractivity contribution in [2.45, 2.75) is 38.9 Å². The van der Waals surface area contributed by atoms with Crippen LogP contribution in [0.5, 0.6) is 0 Å². The van der Waals surface area contributed by atoms with Crippen LogP contribution in [0.2, 0.25) is 0 Å². The van der Waals surface area contributed by atoms with Gasteiger partial charge in [0.05, 0.1) is 11.2 Å². The van der Waals surface area contributed by atoms with E-state index in [1.807, 2.05) is 0 Å². The molecule has 1 heterocycles. The minimum atomic E-state index is -0.288. The normalized spacial score (nSPS) is 13.8. The predicted molar refractivity (Wildman–Crippen MR) is 339 cm³/mol. The molecule has 1 aliphatic heterocycles. The molecule has 374 valence electrons. The summed E-state index contributed by atoms with van der Waals surface area (Å²) in [6.45, 7) is 8.31. The Balaban J connectivity index is 0.000000116. The van der Waals surface area contributed by atoms with Crippen LogP contribution >= 0.6 is 15.9 Å². The topological polar surface area (TPSA) is 18.5 Å². The Morgan fingerprint density at radius 1 is 0.282 bits per heavy atom. The minimum absolute atomic E-state index is 0.283. The lowest BCUT2D eigenvalue weighted by Gasteiger charge is -2.32. The molecule has 4 heteroatoms. The SMILES string of the molecule is Brc1c2ccccc2c(-c2cccc3ccccc23)c2ccccc12.CC1(C)OB(c2ccc3ccccc3c2)OC1(C)C.c1ccc2cc(-c3c4ccccc4c(-c4cccc5ccccc45)c4ccccc34)ccc2c1. The quantitative estimate of drug-likeness (QED) is 0.129. The van der Waals surface area contributed by atoms with Crippen LogP contribution in [0.1, 0.15) is 27.7 Å². The number of hydrogen-bond donors (Lipinski definition) is 0. The molecule has 0 aromatic heterocycles. The fourth-order valence-corrected chi connectivity index (χ4v) is 12.4. The van der Waals surface area contributed by atoms with E-state index >= 15 is 0 Å². The highest BCUT2D eigenvalue weighted by molar-refractivity contribution is 9.10. The maximum Gasteiger partial charge on any atom is 0.494 e. The summed E-state index contributed by atoms with van der Waals surface area (Å²) in [5.41, 5.74) is 8.27. The van der Waals surface area contributed by atoms with Gasteiger partial charge in [-0.1, -0.05) is 261 Å². The van der Waals surface area contributed by atoms with Crippen molar-refractivity contribution >= 4 is 115 Å². The largest absolute Gasteiger partial charge is 0.494 e. The Morgan fingerprint density at radius 3 is 1.05 bits per heavy atom. The van der Waals surface area contributed by atoms with Crippen molar-refractivity contribution < 1.29 is 9.31 Å². The van der Waals surface area contributed by atoms with Crippen molar-refractivity contribution in [3.63, 3.8) is 0 Å². The third kappa shape index (κ3) is 8.81. The van der Waals surface area contributed by atoms with Crippen LogP contribution in [0, 0.1) is 0 Å². The van der Waals surface area contributed by atoms with Gasteiger partial charge in [0.15, 0.2) is 0 Å². The molecule has 0 unspecified atom stereocenters. The predicted octanol–water partition coefficient (Wildman–Crippen LogP) is 20.3. The molecular formula is C74H56BBrO2. The monoisotopic (exact) mass is 1070 g/mol. The molecule has 14 aromatic rings. The van der Waals surface area contributed by atoms with Gasteiger partial charge in [0.2, 0.25) is 0 Å². The lowest BCUT2D eigenvalue weighted by atomic mass is 9.78. The summed E-state index contributed by atoms with van der Waals surface area (Å²) in [5.74, 6) is 0. The molecule has 1 aliphatic rings. The minimum Gasteiger partial charge on any atom is -0.399 e. The highest BCUT2D eigenvalue weighted by Gasteiger charge is 2.51. The fourth-order valence-electron chi connectivity index (χ4n) is 11.7. The van der Waals surface area contributed by atoms with Crippen molar-refractivity contribution in [1.82, 2.24) is 0 Å². The molecule has 0 aliphatic carbocycles. The van der Waals surface area contributed by atoms with Crippen LogP contribution in [0.4, 0.5) is 0 Å². The highest BCUT2D eigenvalue weighted by atomic mass is 79.9. The van der Waals surface area contributed by atoms with E-state index < -0.39 is 0 Å². The number of halogens is 1. The zero-order chi connectivity index (χ0) is 53.0. The van der Waals surface area contributed by atoms with Crippen molar-refractivity contribution in [3.8, 4) is 33.4 Å². The van der Waals surface area contributed by atoms with E-state index in [0.29, 0.717) is 0 Å². The van der Waals surface area contributed by atoms with Gasteiger partial charge in [0.25, 0.3) is 0 Å². The van der Waals surface area contributed by atoms with Crippen molar-refractivity contribution in [3.05, 3.63) is 271 Å². The number of benzene rings is 14. The van der Waals surface area contributed by atoms with E-state index in [2.05, 4.69) is 311 Å². The average molecular weight is 1070 g/mol. The zero-order valence-corrected chi connectivity index (χ0v) is 45.8. The molecule has 0 atom stereocenters. The summed E-state index contributed by atoms with van der Waals surface area (Å²) in [4.78, 5) is 0. The third-order valence-electron chi connectivity index (χ3n) is 16.3. The van der Waals surface area contributed by atoms with Gasteiger partial charge < -0.3 is 9.31 Å². The van der Waals surface area contributed by atoms with E-state index in [4.69, 9.17) is 9.31 Å². The Labute approximate surface area is 464 Å². The second-order valence-electron chi connectivity index (χ2n) is 21.4. The number of rotatable bonds is 4. The summed E-state index contributed by atoms with van der Waals surface area (Å²) < 4.78 is 13.3. The van der Waals surface area contributed by atoms with E-state index in [9.17, 15) is 0 Å². The molecule has 0 N–H and O–H groups in total. The molecule has 0 amide bonds. The lowest BCUT2D eigenvalue weighted by Crippen LogP contribution is -2.41. The van der Waals surface area contributed by atoms with Gasteiger partial charge in [-0.25, -0.2) is 0 Å². The van der Waals surface area contributed by atoms with Gasteiger partial charge in [0, 0.05) is 4.47 Å². The lowest BCUT2D eigenvalue weighted by molar-refractivity contribution is 0.00578. The maximum absolute atomic E-state index is 6.08. The molecular weight excluding hydrogens is 1010 g/mol. The summed E-state index contributed by atoms with van der Waals surface area (Å²) in [7, 11) is -0.283. The molecule has 1 saturated heterocycles. The van der Waals surface area contributed by atoms with Crippen LogP contribution in [0.3, 0.4) is 0 Å². The van der Waals surface area contributed by atoms with Crippen LogP contribution in [-0.2, 0) is 9.31 Å². The van der Waals surface area contributed by atoms with E-state index in [-0.39, 0.29) is 18.3 Å². The molecule has 0 saturated carbocycles. The molecule has 2 nitrogen and oxygen atoms in total. The fraction of sp³-hybridized carbons (Fsp3) is 0.0811. The van der Waals surface area contributed by atoms with Crippen molar-refractivity contribution in [1.29, 1.82) is 0 Å². The third-order valence-corrected chi connectivity index (χ3v) is 17.1. The molecule has 0 spiro atoms. The van der Waals surface area contributed by atoms with Gasteiger partial charge in [-0.3, -0.25) is 0 Å². The first-order valence-electron chi connectivity index (χ1n) is 26.9. The maximum atomic E-state index is 6.08. The molecule has 14 aromatic carbocycles. The van der Waals surface area contributed by atoms with Crippen molar-refractivity contribution in [2.75, 3.05) is 0 Å². The average Bonchev–Trinajstić information content (AvgIpc) is 3.82. The smallest absolute Gasteiger partial charge is 0.399 e. The summed E-state index contributed by atoms with van der Waals surface area (Å²) in [5, 5.41) is 20.4. The molecule has 15 rings (SSSR count). The summed E-state index contributed by atoms with van der Waals surface area (Å²) in [6, 6.07) is 95.8. The highest BCUT2D eigenvalue weighted by Crippen LogP contribution is 2.47. The molecule has 0 bridgehead atoms. The first-order chi connectivity index (χ1) is 38.1. The standard InChI is InChI=1S/C34H22.C24H15Br.C16H19BO2/c1-2-12-25-22-26(21-20-23(25)10-1)33-29-15-5-7-17-31(29)34(32-18-8-6-16-30(32)33)28-19-9-13-24-11-3-4-14-27(24)28;25-24-21-13-5-3-11-19(21)23(20-12-4-6-14-22(20)24)18-15-7-9-16-8-1-2-10-17(16)18;1-15(2)16(3,4)19-17(18-15)14-10-9-12-7-5-6-8-13(12)11-14/h1-22H;1-15H;5-11H,1-4H3. The molecule has 78 heavy (non-hydrogen) atoms. The first-order valence-corrected chi connectivity index (χ1v) is 27.7. The van der Waals surface area contributed by atoms with Crippen LogP contribution in [0.25, 0.3) is 120 Å². The number of fused-ring (bicyclic) bond motifs is 8. The Hall–Kier alpha value is -8.38. The van der Waals surface area contributed by atoms with Crippen LogP contribution in [0.15, 0.2) is 271 Å². The zero-order valence-electron chi connectivity index (χ0n) is 44.2. The Kier molecular flexibility index (Phi) is 12.7. The van der Waals surface area contributed by atoms with Gasteiger partial charge in [-0.15, -0.1) is 0 Å². The van der Waals surface area contributed by atoms with Gasteiger partial charge in [-0.05, 0) is 175 Å². The molecule has 0 radical (unpaired) electrons. The van der Waals surface area contributed by atoms with Gasteiger partial charge in [0.1, 0.15) is 0 Å².